The van der Waals surface area contributed by atoms with Gasteiger partial charge >= 0.3 is 0 Å². The predicted octanol–water partition coefficient (Wildman–Crippen LogP) is 2.70. The minimum absolute atomic E-state index is 0.0261. The number of fused-ring (bicyclic) bond motifs is 1. The first-order valence-corrected chi connectivity index (χ1v) is 7.06. The molecule has 20 heavy (non-hydrogen) atoms. The van der Waals surface area contributed by atoms with E-state index in [4.69, 9.17) is 10.5 Å². The smallest absolute Gasteiger partial charge is 0.259 e. The summed E-state index contributed by atoms with van der Waals surface area (Å²) in [6, 6.07) is 9.40. The standard InChI is InChI=1S/C15H14N2O2S/c1-19-13-3-2-10(8-12(13)16)9-17-6-4-14-11(15(17)18)5-7-20-14/h2-8H,9,16H2,1H3. The lowest BCUT2D eigenvalue weighted by Gasteiger charge is -2.09. The van der Waals surface area contributed by atoms with E-state index in [1.807, 2.05) is 41.9 Å². The lowest BCUT2D eigenvalue weighted by atomic mass is 10.2. The second kappa shape index (κ2) is 5.02. The number of methoxy groups -OCH3 is 1. The normalized spacial score (nSPS) is 10.8. The van der Waals surface area contributed by atoms with Gasteiger partial charge in [0.25, 0.3) is 5.56 Å². The maximum atomic E-state index is 12.3. The van der Waals surface area contributed by atoms with E-state index in [1.165, 1.54) is 0 Å². The summed E-state index contributed by atoms with van der Waals surface area (Å²) in [6.45, 7) is 0.499. The molecule has 0 fully saturated rings. The molecule has 5 heteroatoms. The number of rotatable bonds is 3. The molecule has 2 aromatic heterocycles. The molecule has 1 aromatic carbocycles. The highest BCUT2D eigenvalue weighted by atomic mass is 32.1. The fourth-order valence-corrected chi connectivity index (χ4v) is 2.98. The van der Waals surface area contributed by atoms with Gasteiger partial charge < -0.3 is 15.0 Å². The molecule has 4 nitrogen and oxygen atoms in total. The second-order valence-corrected chi connectivity index (χ2v) is 5.47. The van der Waals surface area contributed by atoms with Crippen LogP contribution in [0, 0.1) is 0 Å². The molecular formula is C15H14N2O2S. The molecule has 0 radical (unpaired) electrons. The summed E-state index contributed by atoms with van der Waals surface area (Å²) in [5.41, 5.74) is 7.46. The number of thiophene rings is 1. The van der Waals surface area contributed by atoms with Crippen molar-refractivity contribution in [1.82, 2.24) is 4.57 Å². The van der Waals surface area contributed by atoms with Crippen molar-refractivity contribution in [3.63, 3.8) is 0 Å². The minimum Gasteiger partial charge on any atom is -0.495 e. The van der Waals surface area contributed by atoms with Crippen LogP contribution in [0.15, 0.2) is 46.7 Å². The van der Waals surface area contributed by atoms with E-state index in [1.54, 1.807) is 23.0 Å². The SMILES string of the molecule is COc1ccc(Cn2ccc3sccc3c2=O)cc1N. The number of nitrogen functional groups attached to an aromatic ring is 1. The van der Waals surface area contributed by atoms with Gasteiger partial charge in [0.2, 0.25) is 0 Å². The van der Waals surface area contributed by atoms with Gasteiger partial charge in [-0.1, -0.05) is 6.07 Å². The van der Waals surface area contributed by atoms with Gasteiger partial charge in [-0.15, -0.1) is 11.3 Å². The topological polar surface area (TPSA) is 57.2 Å². The Morgan fingerprint density at radius 3 is 2.90 bits per heavy atom. The fourth-order valence-electron chi connectivity index (χ4n) is 2.21. The predicted molar refractivity (Wildman–Crippen MR) is 82.6 cm³/mol. The Kier molecular flexibility index (Phi) is 3.20. The molecule has 0 aliphatic heterocycles. The molecule has 0 spiro atoms. The summed E-state index contributed by atoms with van der Waals surface area (Å²) >= 11 is 1.57. The summed E-state index contributed by atoms with van der Waals surface area (Å²) in [5, 5.41) is 2.70. The van der Waals surface area contributed by atoms with Gasteiger partial charge in [-0.3, -0.25) is 4.79 Å². The Balaban J connectivity index is 1.98. The maximum Gasteiger partial charge on any atom is 0.259 e. The molecule has 0 saturated carbocycles. The zero-order chi connectivity index (χ0) is 14.1. The molecular weight excluding hydrogens is 272 g/mol. The van der Waals surface area contributed by atoms with Crippen LogP contribution in [0.5, 0.6) is 5.75 Å². The van der Waals surface area contributed by atoms with E-state index in [0.29, 0.717) is 18.0 Å². The first-order chi connectivity index (χ1) is 9.69. The molecule has 0 bridgehead atoms. The van der Waals surface area contributed by atoms with E-state index in [2.05, 4.69) is 0 Å². The van der Waals surface area contributed by atoms with Crippen molar-refractivity contribution < 1.29 is 4.74 Å². The van der Waals surface area contributed by atoms with Crippen molar-refractivity contribution >= 4 is 27.1 Å². The van der Waals surface area contributed by atoms with Gasteiger partial charge in [0, 0.05) is 10.9 Å². The van der Waals surface area contributed by atoms with Crippen LogP contribution < -0.4 is 16.0 Å². The number of ether oxygens (including phenoxy) is 1. The molecule has 0 atom stereocenters. The Hall–Kier alpha value is -2.27. The Labute approximate surface area is 120 Å². The first kappa shape index (κ1) is 12.7. The monoisotopic (exact) mass is 286 g/mol. The van der Waals surface area contributed by atoms with Crippen LogP contribution in [0.4, 0.5) is 5.69 Å². The third kappa shape index (κ3) is 2.16. The minimum atomic E-state index is 0.0261. The van der Waals surface area contributed by atoms with Gasteiger partial charge in [0.05, 0.1) is 24.7 Å². The Bertz CT molecular complexity index is 820. The number of nitrogens with zero attached hydrogens (tertiary/aromatic N) is 1. The molecule has 0 aliphatic carbocycles. The molecule has 102 valence electrons. The molecule has 0 saturated heterocycles. The van der Waals surface area contributed by atoms with Gasteiger partial charge in [0.15, 0.2) is 0 Å². The number of aromatic nitrogens is 1. The van der Waals surface area contributed by atoms with Crippen LogP contribution in [-0.4, -0.2) is 11.7 Å². The van der Waals surface area contributed by atoms with Crippen molar-refractivity contribution in [2.45, 2.75) is 6.54 Å². The zero-order valence-corrected chi connectivity index (χ0v) is 11.8. The average molecular weight is 286 g/mol. The zero-order valence-electron chi connectivity index (χ0n) is 11.0. The first-order valence-electron chi connectivity index (χ1n) is 6.18. The van der Waals surface area contributed by atoms with Crippen molar-refractivity contribution in [2.75, 3.05) is 12.8 Å². The van der Waals surface area contributed by atoms with Gasteiger partial charge in [0.1, 0.15) is 5.75 Å². The van der Waals surface area contributed by atoms with Crippen LogP contribution in [0.25, 0.3) is 10.1 Å². The number of hydrogen-bond donors (Lipinski definition) is 1. The van der Waals surface area contributed by atoms with Gasteiger partial charge in [-0.25, -0.2) is 0 Å². The number of hydrogen-bond acceptors (Lipinski definition) is 4. The number of anilines is 1. The third-order valence-electron chi connectivity index (χ3n) is 3.24. The molecule has 3 rings (SSSR count). The fraction of sp³-hybridized carbons (Fsp3) is 0.133. The average Bonchev–Trinajstić information content (AvgIpc) is 2.91. The summed E-state index contributed by atoms with van der Waals surface area (Å²) in [4.78, 5) is 12.3. The molecule has 0 amide bonds. The number of benzene rings is 1. The largest absolute Gasteiger partial charge is 0.495 e. The highest BCUT2D eigenvalue weighted by Crippen LogP contribution is 2.22. The van der Waals surface area contributed by atoms with E-state index in [0.717, 1.165) is 15.6 Å². The highest BCUT2D eigenvalue weighted by Gasteiger charge is 2.06. The molecule has 2 N–H and O–H groups in total. The summed E-state index contributed by atoms with van der Waals surface area (Å²) in [7, 11) is 1.58. The number of pyridine rings is 1. The van der Waals surface area contributed by atoms with Crippen molar-refractivity contribution in [3.8, 4) is 5.75 Å². The van der Waals surface area contributed by atoms with E-state index < -0.39 is 0 Å². The third-order valence-corrected chi connectivity index (χ3v) is 4.12. The van der Waals surface area contributed by atoms with Crippen LogP contribution in [0.1, 0.15) is 5.56 Å². The maximum absolute atomic E-state index is 12.3. The Morgan fingerprint density at radius 2 is 2.15 bits per heavy atom. The molecule has 3 aromatic rings. The van der Waals surface area contributed by atoms with Crippen LogP contribution >= 0.6 is 11.3 Å². The quantitative estimate of drug-likeness (QED) is 0.753. The van der Waals surface area contributed by atoms with E-state index >= 15 is 0 Å². The van der Waals surface area contributed by atoms with Gasteiger partial charge in [-0.05, 0) is 35.2 Å². The van der Waals surface area contributed by atoms with Crippen molar-refractivity contribution in [1.29, 1.82) is 0 Å². The Morgan fingerprint density at radius 1 is 1.30 bits per heavy atom. The van der Waals surface area contributed by atoms with Gasteiger partial charge in [-0.2, -0.15) is 0 Å². The summed E-state index contributed by atoms with van der Waals surface area (Å²) < 4.78 is 7.83. The van der Waals surface area contributed by atoms with Crippen molar-refractivity contribution in [2.24, 2.45) is 0 Å². The molecule has 2 heterocycles. The molecule has 0 aliphatic rings. The van der Waals surface area contributed by atoms with E-state index in [9.17, 15) is 4.79 Å². The lowest BCUT2D eigenvalue weighted by molar-refractivity contribution is 0.417. The number of nitrogens with two attached hydrogens (primary N) is 1. The summed E-state index contributed by atoms with van der Waals surface area (Å²) in [5.74, 6) is 0.648. The van der Waals surface area contributed by atoms with Crippen molar-refractivity contribution in [3.05, 3.63) is 57.8 Å². The summed E-state index contributed by atoms with van der Waals surface area (Å²) in [6.07, 6.45) is 1.82. The van der Waals surface area contributed by atoms with Crippen LogP contribution in [-0.2, 0) is 6.54 Å². The second-order valence-electron chi connectivity index (χ2n) is 4.52. The van der Waals surface area contributed by atoms with Crippen LogP contribution in [0.3, 0.4) is 0 Å². The molecule has 0 unspecified atom stereocenters. The van der Waals surface area contributed by atoms with Crippen LogP contribution in [0.2, 0.25) is 0 Å². The van der Waals surface area contributed by atoms with E-state index in [-0.39, 0.29) is 5.56 Å². The highest BCUT2D eigenvalue weighted by molar-refractivity contribution is 7.17. The lowest BCUT2D eigenvalue weighted by Crippen LogP contribution is -2.19.